The van der Waals surface area contributed by atoms with E-state index < -0.39 is 15.9 Å². The zero-order chi connectivity index (χ0) is 21.1. The molecule has 1 aromatic heterocycles. The summed E-state index contributed by atoms with van der Waals surface area (Å²) in [6, 6.07) is 11.4. The Morgan fingerprint density at radius 3 is 2.77 bits per heavy atom. The first-order chi connectivity index (χ1) is 14.5. The van der Waals surface area contributed by atoms with E-state index in [2.05, 4.69) is 25.8 Å². The van der Waals surface area contributed by atoms with Crippen LogP contribution < -0.4 is 14.9 Å². The lowest BCUT2D eigenvalue weighted by molar-refractivity contribution is 0.102. The third-order valence-corrected chi connectivity index (χ3v) is 7.26. The van der Waals surface area contributed by atoms with Crippen molar-refractivity contribution in [2.75, 3.05) is 29.9 Å². The third kappa shape index (κ3) is 4.31. The van der Waals surface area contributed by atoms with Crippen LogP contribution in [-0.2, 0) is 10.0 Å². The van der Waals surface area contributed by atoms with Gasteiger partial charge in [0.15, 0.2) is 5.13 Å². The molecule has 154 valence electrons. The van der Waals surface area contributed by atoms with E-state index in [4.69, 9.17) is 6.42 Å². The lowest BCUT2D eigenvalue weighted by Gasteiger charge is -2.11. The number of terminal acetylenes is 1. The van der Waals surface area contributed by atoms with Crippen molar-refractivity contribution in [2.24, 2.45) is 0 Å². The van der Waals surface area contributed by atoms with Crippen molar-refractivity contribution in [3.63, 3.8) is 0 Å². The fraction of sp³-hybridized carbons (Fsp3) is 0.238. The second kappa shape index (κ2) is 8.44. The van der Waals surface area contributed by atoms with E-state index >= 15 is 0 Å². The van der Waals surface area contributed by atoms with Gasteiger partial charge in [0.2, 0.25) is 10.0 Å². The van der Waals surface area contributed by atoms with Crippen molar-refractivity contribution < 1.29 is 13.2 Å². The zero-order valence-electron chi connectivity index (χ0n) is 16.1. The van der Waals surface area contributed by atoms with Crippen molar-refractivity contribution >= 4 is 48.3 Å². The number of benzene rings is 2. The maximum absolute atomic E-state index is 12.7. The maximum atomic E-state index is 12.7. The summed E-state index contributed by atoms with van der Waals surface area (Å²) in [5.41, 5.74) is 1.76. The Morgan fingerprint density at radius 1 is 1.20 bits per heavy atom. The molecule has 2 N–H and O–H groups in total. The number of carbonyl (C=O) groups excluding carboxylic acids is 1. The maximum Gasteiger partial charge on any atom is 0.255 e. The minimum Gasteiger partial charge on any atom is -0.348 e. The highest BCUT2D eigenvalue weighted by Crippen LogP contribution is 2.32. The largest absolute Gasteiger partial charge is 0.348 e. The molecule has 1 aliphatic heterocycles. The van der Waals surface area contributed by atoms with Crippen molar-refractivity contribution in [2.45, 2.75) is 17.7 Å². The average Bonchev–Trinajstić information content (AvgIpc) is 3.41. The molecule has 0 radical (unpaired) electrons. The number of thiazole rings is 1. The molecule has 1 amide bonds. The van der Waals surface area contributed by atoms with Gasteiger partial charge in [0.05, 0.1) is 21.7 Å². The van der Waals surface area contributed by atoms with Crippen molar-refractivity contribution in [3.05, 3.63) is 48.0 Å². The van der Waals surface area contributed by atoms with Gasteiger partial charge in [0.1, 0.15) is 0 Å². The predicted octanol–water partition coefficient (Wildman–Crippen LogP) is 3.06. The normalized spacial score (nSPS) is 14.0. The molecule has 1 saturated heterocycles. The van der Waals surface area contributed by atoms with Crippen LogP contribution >= 0.6 is 11.3 Å². The second-order valence-electron chi connectivity index (χ2n) is 6.88. The molecule has 1 fully saturated rings. The summed E-state index contributed by atoms with van der Waals surface area (Å²) in [4.78, 5) is 19.6. The molecule has 0 aliphatic carbocycles. The van der Waals surface area contributed by atoms with Crippen LogP contribution in [0.25, 0.3) is 10.2 Å². The molecule has 0 spiro atoms. The fourth-order valence-corrected chi connectivity index (χ4v) is 5.30. The number of nitrogens with zero attached hydrogens (tertiary/aromatic N) is 2. The van der Waals surface area contributed by atoms with Crippen LogP contribution in [0, 0.1) is 12.3 Å². The second-order valence-corrected chi connectivity index (χ2v) is 9.66. The Balaban J connectivity index is 1.53. The summed E-state index contributed by atoms with van der Waals surface area (Å²) >= 11 is 1.60. The van der Waals surface area contributed by atoms with Gasteiger partial charge in [-0.3, -0.25) is 4.79 Å². The number of rotatable bonds is 6. The minimum atomic E-state index is -3.77. The van der Waals surface area contributed by atoms with Gasteiger partial charge >= 0.3 is 0 Å². The van der Waals surface area contributed by atoms with E-state index in [0.29, 0.717) is 5.69 Å². The number of nitrogens with one attached hydrogen (secondary N) is 2. The lowest BCUT2D eigenvalue weighted by atomic mass is 10.2. The van der Waals surface area contributed by atoms with Crippen LogP contribution in [0.4, 0.5) is 10.8 Å². The van der Waals surface area contributed by atoms with E-state index in [1.807, 2.05) is 12.1 Å². The van der Waals surface area contributed by atoms with Crippen molar-refractivity contribution in [1.29, 1.82) is 0 Å². The van der Waals surface area contributed by atoms with E-state index in [1.165, 1.54) is 31.0 Å². The summed E-state index contributed by atoms with van der Waals surface area (Å²) in [6.07, 6.45) is 7.48. The molecule has 2 heterocycles. The van der Waals surface area contributed by atoms with Crippen molar-refractivity contribution in [3.8, 4) is 12.3 Å². The van der Waals surface area contributed by atoms with Crippen LogP contribution in [0.15, 0.2) is 47.4 Å². The molecule has 0 atom stereocenters. The number of hydrogen-bond acceptors (Lipinski definition) is 6. The number of amides is 1. The summed E-state index contributed by atoms with van der Waals surface area (Å²) < 4.78 is 27.7. The standard InChI is InChI=1S/C21H20N4O3S2/c1-2-10-22-30(27,28)17-7-5-6-15(13-17)20(26)23-16-8-9-18-19(14-16)29-21(24-18)25-11-3-4-12-25/h1,5-9,13-14,22H,3-4,10-12H2,(H,23,26). The van der Waals surface area contributed by atoms with Crippen LogP contribution in [-0.4, -0.2) is 38.9 Å². The first-order valence-corrected chi connectivity index (χ1v) is 11.8. The number of sulfonamides is 1. The van der Waals surface area contributed by atoms with Crippen LogP contribution in [0.1, 0.15) is 23.2 Å². The summed E-state index contributed by atoms with van der Waals surface area (Å²) in [5, 5.41) is 3.83. The Morgan fingerprint density at radius 2 is 2.00 bits per heavy atom. The van der Waals surface area contributed by atoms with Crippen LogP contribution in [0.5, 0.6) is 0 Å². The molecule has 3 aromatic rings. The summed E-state index contributed by atoms with van der Waals surface area (Å²) in [7, 11) is -3.77. The molecular weight excluding hydrogens is 420 g/mol. The van der Waals surface area contributed by atoms with Gasteiger partial charge < -0.3 is 10.2 Å². The third-order valence-electron chi connectivity index (χ3n) is 4.78. The van der Waals surface area contributed by atoms with E-state index in [9.17, 15) is 13.2 Å². The monoisotopic (exact) mass is 440 g/mol. The Kier molecular flexibility index (Phi) is 5.72. The Labute approximate surface area is 179 Å². The molecule has 0 saturated carbocycles. The molecule has 0 bridgehead atoms. The first-order valence-electron chi connectivity index (χ1n) is 9.46. The highest BCUT2D eigenvalue weighted by molar-refractivity contribution is 7.89. The van der Waals surface area contributed by atoms with Crippen LogP contribution in [0.3, 0.4) is 0 Å². The van der Waals surface area contributed by atoms with Gasteiger partial charge in [0, 0.05) is 24.3 Å². The molecule has 2 aromatic carbocycles. The number of aromatic nitrogens is 1. The van der Waals surface area contributed by atoms with Gasteiger partial charge in [-0.25, -0.2) is 13.4 Å². The minimum absolute atomic E-state index is 0.0152. The number of fused-ring (bicyclic) bond motifs is 1. The van der Waals surface area contributed by atoms with Gasteiger partial charge in [-0.05, 0) is 49.2 Å². The molecular formula is C21H20N4O3S2. The molecule has 9 heteroatoms. The summed E-state index contributed by atoms with van der Waals surface area (Å²) in [5.74, 6) is 1.83. The molecule has 1 aliphatic rings. The number of carbonyl (C=O) groups is 1. The SMILES string of the molecule is C#CCNS(=O)(=O)c1cccc(C(=O)Nc2ccc3nc(N4CCCC4)sc3c2)c1. The van der Waals surface area contributed by atoms with E-state index in [0.717, 1.165) is 28.4 Å². The Bertz CT molecular complexity index is 1240. The zero-order valence-corrected chi connectivity index (χ0v) is 17.7. The smallest absolute Gasteiger partial charge is 0.255 e. The average molecular weight is 441 g/mol. The number of anilines is 2. The molecule has 30 heavy (non-hydrogen) atoms. The highest BCUT2D eigenvalue weighted by atomic mass is 32.2. The van der Waals surface area contributed by atoms with E-state index in [1.54, 1.807) is 23.5 Å². The van der Waals surface area contributed by atoms with Gasteiger partial charge in [0.25, 0.3) is 5.91 Å². The highest BCUT2D eigenvalue weighted by Gasteiger charge is 2.18. The van der Waals surface area contributed by atoms with Crippen molar-refractivity contribution in [1.82, 2.24) is 9.71 Å². The molecule has 0 unspecified atom stereocenters. The Hall–Kier alpha value is -2.93. The lowest BCUT2D eigenvalue weighted by Crippen LogP contribution is -2.24. The fourth-order valence-electron chi connectivity index (χ4n) is 3.26. The topological polar surface area (TPSA) is 91.4 Å². The van der Waals surface area contributed by atoms with Gasteiger partial charge in [-0.1, -0.05) is 23.3 Å². The first kappa shape index (κ1) is 20.3. The molecule has 4 rings (SSSR count). The predicted molar refractivity (Wildman–Crippen MR) is 119 cm³/mol. The van der Waals surface area contributed by atoms with E-state index in [-0.39, 0.29) is 17.0 Å². The van der Waals surface area contributed by atoms with Gasteiger partial charge in [-0.15, -0.1) is 6.42 Å². The molecule has 7 nitrogen and oxygen atoms in total. The number of hydrogen-bond donors (Lipinski definition) is 2. The summed E-state index contributed by atoms with van der Waals surface area (Å²) in [6.45, 7) is 1.94. The quantitative estimate of drug-likeness (QED) is 0.575. The van der Waals surface area contributed by atoms with Crippen LogP contribution in [0.2, 0.25) is 0 Å². The van der Waals surface area contributed by atoms with Gasteiger partial charge in [-0.2, -0.15) is 4.72 Å².